The first-order valence-electron chi connectivity index (χ1n) is 8.54. The number of aromatic nitrogens is 3. The highest BCUT2D eigenvalue weighted by Crippen LogP contribution is 2.28. The summed E-state index contributed by atoms with van der Waals surface area (Å²) in [6.07, 6.45) is 5.17. The van der Waals surface area contributed by atoms with Crippen LogP contribution in [0.15, 0.2) is 36.5 Å². The Hall–Kier alpha value is -3.12. The lowest BCUT2D eigenvalue weighted by molar-refractivity contribution is 0.678. The topological polar surface area (TPSA) is 119 Å². The highest BCUT2D eigenvalue weighted by Gasteiger charge is 2.23. The van der Waals surface area contributed by atoms with Crippen LogP contribution in [0.2, 0.25) is 0 Å². The number of fused-ring (bicyclic) bond motifs is 1. The number of anilines is 3. The summed E-state index contributed by atoms with van der Waals surface area (Å²) in [6.45, 7) is 0. The summed E-state index contributed by atoms with van der Waals surface area (Å²) in [4.78, 5) is 4.53. The highest BCUT2D eigenvalue weighted by atomic mass is 32.2. The molecule has 1 aromatic carbocycles. The number of benzene rings is 1. The molecule has 4 rings (SSSR count). The Morgan fingerprint density at radius 1 is 1.41 bits per heavy atom. The Labute approximate surface area is 157 Å². The maximum absolute atomic E-state index is 11.8. The first kappa shape index (κ1) is 17.3. The van der Waals surface area contributed by atoms with Crippen molar-refractivity contribution in [2.24, 2.45) is 0 Å². The fourth-order valence-corrected chi connectivity index (χ4v) is 3.67. The maximum Gasteiger partial charge on any atom is 0.177 e. The van der Waals surface area contributed by atoms with Crippen molar-refractivity contribution in [3.8, 4) is 6.07 Å². The van der Waals surface area contributed by atoms with Gasteiger partial charge >= 0.3 is 0 Å². The van der Waals surface area contributed by atoms with E-state index < -0.39 is 9.73 Å². The zero-order chi connectivity index (χ0) is 19.0. The third-order valence-electron chi connectivity index (χ3n) is 4.16. The van der Waals surface area contributed by atoms with Crippen molar-refractivity contribution >= 4 is 32.7 Å². The summed E-state index contributed by atoms with van der Waals surface area (Å²) in [5, 5.41) is 20.2. The molecule has 1 aliphatic carbocycles. The van der Waals surface area contributed by atoms with Gasteiger partial charge in [0.05, 0.1) is 11.9 Å². The first-order valence-corrected chi connectivity index (χ1v) is 10.7. The summed E-state index contributed by atoms with van der Waals surface area (Å²) in [5.74, 6) is 1.57. The monoisotopic (exact) mass is 381 g/mol. The van der Waals surface area contributed by atoms with E-state index in [0.717, 1.165) is 29.9 Å². The summed E-state index contributed by atoms with van der Waals surface area (Å²) < 4.78 is 21.0. The average Bonchev–Trinajstić information content (AvgIpc) is 3.30. The minimum atomic E-state index is -2.61. The molecule has 0 saturated heterocycles. The molecule has 3 N–H and O–H groups in total. The molecule has 1 saturated carbocycles. The van der Waals surface area contributed by atoms with Crippen LogP contribution in [0.4, 0.5) is 17.3 Å². The first-order chi connectivity index (χ1) is 12.9. The molecule has 0 amide bonds. The molecular formula is C18H19N7OS. The van der Waals surface area contributed by atoms with Crippen LogP contribution in [0, 0.1) is 16.1 Å². The van der Waals surface area contributed by atoms with E-state index in [0.29, 0.717) is 23.1 Å². The molecule has 27 heavy (non-hydrogen) atoms. The lowest BCUT2D eigenvalue weighted by Gasteiger charge is -2.12. The van der Waals surface area contributed by atoms with Crippen molar-refractivity contribution in [1.29, 1.82) is 10.0 Å². The van der Waals surface area contributed by atoms with Gasteiger partial charge in [0.1, 0.15) is 23.3 Å². The molecule has 2 aromatic heterocycles. The van der Waals surface area contributed by atoms with Crippen molar-refractivity contribution in [2.75, 3.05) is 16.9 Å². The van der Waals surface area contributed by atoms with E-state index in [1.165, 1.54) is 12.5 Å². The van der Waals surface area contributed by atoms with Crippen molar-refractivity contribution in [3.63, 3.8) is 0 Å². The molecule has 3 aromatic rings. The average molecular weight is 381 g/mol. The Kier molecular flexibility index (Phi) is 4.20. The molecule has 0 aliphatic heterocycles. The molecule has 8 nitrogen and oxygen atoms in total. The second kappa shape index (κ2) is 6.55. The zero-order valence-electron chi connectivity index (χ0n) is 14.8. The minimum absolute atomic E-state index is 0.199. The third-order valence-corrected chi connectivity index (χ3v) is 5.05. The van der Waals surface area contributed by atoms with E-state index in [2.05, 4.69) is 26.8 Å². The third kappa shape index (κ3) is 4.01. The summed E-state index contributed by atoms with van der Waals surface area (Å²) in [7, 11) is -2.61. The number of hydrogen-bond acceptors (Lipinski definition) is 7. The molecule has 1 atom stereocenters. The van der Waals surface area contributed by atoms with Crippen LogP contribution >= 0.6 is 0 Å². The van der Waals surface area contributed by atoms with Crippen LogP contribution in [0.3, 0.4) is 0 Å². The number of nitrogens with zero attached hydrogens (tertiary/aromatic N) is 4. The highest BCUT2D eigenvalue weighted by molar-refractivity contribution is 7.90. The van der Waals surface area contributed by atoms with Gasteiger partial charge in [-0.25, -0.2) is 9.19 Å². The lowest BCUT2D eigenvalue weighted by Crippen LogP contribution is -2.09. The molecule has 0 bridgehead atoms. The molecule has 1 unspecified atom stereocenters. The van der Waals surface area contributed by atoms with Crippen molar-refractivity contribution in [2.45, 2.75) is 24.6 Å². The molecule has 1 aliphatic rings. The summed E-state index contributed by atoms with van der Waals surface area (Å²) in [6, 6.07) is 11.9. The van der Waals surface area contributed by atoms with Gasteiger partial charge in [-0.3, -0.25) is 4.78 Å². The Morgan fingerprint density at radius 3 is 2.93 bits per heavy atom. The number of rotatable bonds is 6. The van der Waals surface area contributed by atoms with Gasteiger partial charge in [0.25, 0.3) is 0 Å². The van der Waals surface area contributed by atoms with Crippen LogP contribution in [-0.2, 0) is 15.5 Å². The van der Waals surface area contributed by atoms with Crippen molar-refractivity contribution in [1.82, 2.24) is 14.6 Å². The van der Waals surface area contributed by atoms with E-state index in [-0.39, 0.29) is 5.75 Å². The largest absolute Gasteiger partial charge is 0.367 e. The van der Waals surface area contributed by atoms with Gasteiger partial charge in [-0.2, -0.15) is 14.9 Å². The predicted molar refractivity (Wildman–Crippen MR) is 105 cm³/mol. The number of nitriles is 1. The van der Waals surface area contributed by atoms with Crippen LogP contribution < -0.4 is 10.6 Å². The molecule has 0 radical (unpaired) electrons. The predicted octanol–water partition coefficient (Wildman–Crippen LogP) is 3.10. The Morgan fingerprint density at radius 2 is 2.22 bits per heavy atom. The fourth-order valence-electron chi connectivity index (χ4n) is 2.85. The lowest BCUT2D eigenvalue weighted by atomic mass is 10.2. The van der Waals surface area contributed by atoms with E-state index in [4.69, 9.17) is 4.78 Å². The van der Waals surface area contributed by atoms with Crippen molar-refractivity contribution in [3.05, 3.63) is 47.7 Å². The Bertz CT molecular complexity index is 1160. The molecule has 1 fully saturated rings. The summed E-state index contributed by atoms with van der Waals surface area (Å²) in [5.41, 5.74) is 2.50. The van der Waals surface area contributed by atoms with Crippen LogP contribution in [0.5, 0.6) is 0 Å². The maximum atomic E-state index is 11.8. The second-order valence-electron chi connectivity index (χ2n) is 6.83. The summed E-state index contributed by atoms with van der Waals surface area (Å²) >= 11 is 0. The van der Waals surface area contributed by atoms with E-state index in [9.17, 15) is 9.47 Å². The zero-order valence-corrected chi connectivity index (χ0v) is 15.6. The van der Waals surface area contributed by atoms with Gasteiger partial charge in [0, 0.05) is 33.8 Å². The smallest absolute Gasteiger partial charge is 0.177 e. The van der Waals surface area contributed by atoms with E-state index in [1.54, 1.807) is 4.52 Å². The second-order valence-corrected chi connectivity index (χ2v) is 9.12. The fraction of sp³-hybridized carbons (Fsp3) is 0.278. The van der Waals surface area contributed by atoms with Gasteiger partial charge in [0.15, 0.2) is 5.65 Å². The van der Waals surface area contributed by atoms with E-state index >= 15 is 0 Å². The standard InChI is InChI=1S/C18H19N7OS/c1-27(20,26)11-12-3-2-4-15(7-12)22-16-8-17(23-14-5-6-14)25-18(24-16)13(9-19)10-21-25/h2-4,7-8,10,14,20,23H,5-6,11H2,1H3,(H,22,24). The minimum Gasteiger partial charge on any atom is -0.367 e. The van der Waals surface area contributed by atoms with Crippen LogP contribution in [0.1, 0.15) is 24.0 Å². The molecule has 138 valence electrons. The molecular weight excluding hydrogens is 362 g/mol. The molecule has 2 heterocycles. The van der Waals surface area contributed by atoms with Crippen LogP contribution in [0.25, 0.3) is 5.65 Å². The molecule has 0 spiro atoms. The van der Waals surface area contributed by atoms with E-state index in [1.807, 2.05) is 30.3 Å². The number of nitrogens with one attached hydrogen (secondary N) is 3. The number of hydrogen-bond donors (Lipinski definition) is 3. The normalized spacial score (nSPS) is 15.9. The molecule has 9 heteroatoms. The van der Waals surface area contributed by atoms with Gasteiger partial charge in [0.2, 0.25) is 0 Å². The van der Waals surface area contributed by atoms with Crippen molar-refractivity contribution < 1.29 is 4.21 Å². The van der Waals surface area contributed by atoms with Crippen LogP contribution in [-0.4, -0.2) is 31.1 Å². The van der Waals surface area contributed by atoms with Gasteiger partial charge in [-0.15, -0.1) is 0 Å². The van der Waals surface area contributed by atoms with Gasteiger partial charge in [-0.1, -0.05) is 12.1 Å². The van der Waals surface area contributed by atoms with Gasteiger partial charge < -0.3 is 10.6 Å². The Balaban J connectivity index is 1.69. The quantitative estimate of drug-likeness (QED) is 0.604. The SMILES string of the molecule is CS(=N)(=O)Cc1cccc(Nc2cc(NC3CC3)n3ncc(C#N)c3n2)c1. The van der Waals surface area contributed by atoms with Gasteiger partial charge in [-0.05, 0) is 30.5 Å².